The molecule has 1 atom stereocenters. The topological polar surface area (TPSA) is 39.7 Å². The summed E-state index contributed by atoms with van der Waals surface area (Å²) in [5, 5.41) is 3.63. The lowest BCUT2D eigenvalue weighted by Crippen LogP contribution is -2.31. The molecule has 0 saturated carbocycles. The highest BCUT2D eigenvalue weighted by Crippen LogP contribution is 2.41. The van der Waals surface area contributed by atoms with E-state index in [2.05, 4.69) is 36.5 Å². The Kier molecular flexibility index (Phi) is 5.49. The van der Waals surface area contributed by atoms with E-state index in [0.29, 0.717) is 6.61 Å². The molecular weight excluding hydrogens is 314 g/mol. The zero-order chi connectivity index (χ0) is 17.8. The first-order chi connectivity index (χ1) is 12.2. The molecular formula is C21H27NO3. The second kappa shape index (κ2) is 7.79. The lowest BCUT2D eigenvalue weighted by molar-refractivity contribution is 0.305. The zero-order valence-electron chi connectivity index (χ0n) is 15.5. The van der Waals surface area contributed by atoms with E-state index in [9.17, 15) is 0 Å². The Morgan fingerprint density at radius 3 is 2.44 bits per heavy atom. The number of nitrogens with one attached hydrogen (secondary N) is 1. The molecule has 4 nitrogen and oxygen atoms in total. The fraction of sp³-hybridized carbons (Fsp3) is 0.429. The van der Waals surface area contributed by atoms with Crippen molar-refractivity contribution in [3.8, 4) is 17.2 Å². The highest BCUT2D eigenvalue weighted by Gasteiger charge is 2.28. The van der Waals surface area contributed by atoms with Crippen LogP contribution in [0.15, 0.2) is 30.3 Å². The van der Waals surface area contributed by atoms with Crippen molar-refractivity contribution in [1.29, 1.82) is 0 Å². The Hall–Kier alpha value is -2.20. The van der Waals surface area contributed by atoms with Crippen LogP contribution in [0.25, 0.3) is 0 Å². The number of hydrogen-bond acceptors (Lipinski definition) is 4. The molecule has 1 unspecified atom stereocenters. The summed E-state index contributed by atoms with van der Waals surface area (Å²) < 4.78 is 17.1. The van der Waals surface area contributed by atoms with Crippen molar-refractivity contribution in [3.05, 3.63) is 52.6 Å². The summed E-state index contributed by atoms with van der Waals surface area (Å²) in [6, 6.07) is 10.7. The van der Waals surface area contributed by atoms with Crippen molar-refractivity contribution < 1.29 is 14.2 Å². The van der Waals surface area contributed by atoms with Gasteiger partial charge >= 0.3 is 0 Å². The summed E-state index contributed by atoms with van der Waals surface area (Å²) in [7, 11) is 3.43. The first-order valence-electron chi connectivity index (χ1n) is 8.96. The third kappa shape index (κ3) is 3.31. The van der Waals surface area contributed by atoms with Crippen LogP contribution in [-0.2, 0) is 12.8 Å². The number of aryl methyl sites for hydroxylation is 1. The Morgan fingerprint density at radius 2 is 1.76 bits per heavy atom. The highest BCUT2D eigenvalue weighted by molar-refractivity contribution is 5.56. The maximum Gasteiger partial charge on any atom is 0.164 e. The zero-order valence-corrected chi connectivity index (χ0v) is 15.5. The van der Waals surface area contributed by atoms with Crippen molar-refractivity contribution in [2.24, 2.45) is 0 Å². The molecule has 0 fully saturated rings. The molecule has 25 heavy (non-hydrogen) atoms. The molecule has 0 spiro atoms. The first-order valence-corrected chi connectivity index (χ1v) is 8.96. The summed E-state index contributed by atoms with van der Waals surface area (Å²) in [6.07, 6.45) is 1.92. The lowest BCUT2D eigenvalue weighted by Gasteiger charge is -2.30. The van der Waals surface area contributed by atoms with Crippen molar-refractivity contribution in [2.45, 2.75) is 32.7 Å². The Morgan fingerprint density at radius 1 is 1.00 bits per heavy atom. The van der Waals surface area contributed by atoms with Gasteiger partial charge in [0.05, 0.1) is 26.9 Å². The molecule has 0 saturated heterocycles. The molecule has 3 rings (SSSR count). The molecule has 0 bridgehead atoms. The third-order valence-corrected chi connectivity index (χ3v) is 4.82. The standard InChI is InChI=1S/C21H27NO3/c1-5-14-7-8-17(19(13-14)24-4)20-15-9-10-18(23-3)21(25-6-2)16(15)11-12-22-20/h7-10,13,20,22H,5-6,11-12H2,1-4H3. The summed E-state index contributed by atoms with van der Waals surface area (Å²) in [5.74, 6) is 2.60. The fourth-order valence-electron chi connectivity index (χ4n) is 3.56. The second-order valence-electron chi connectivity index (χ2n) is 6.16. The first kappa shape index (κ1) is 17.6. The normalized spacial score (nSPS) is 16.2. The number of methoxy groups -OCH3 is 2. The molecule has 1 heterocycles. The van der Waals surface area contributed by atoms with Crippen LogP contribution in [-0.4, -0.2) is 27.4 Å². The van der Waals surface area contributed by atoms with Gasteiger partial charge in [0.1, 0.15) is 5.75 Å². The van der Waals surface area contributed by atoms with E-state index >= 15 is 0 Å². The van der Waals surface area contributed by atoms with E-state index in [4.69, 9.17) is 14.2 Å². The quantitative estimate of drug-likeness (QED) is 0.865. The van der Waals surface area contributed by atoms with Crippen LogP contribution in [0.5, 0.6) is 17.2 Å². The molecule has 2 aromatic carbocycles. The van der Waals surface area contributed by atoms with E-state index in [1.807, 2.05) is 13.0 Å². The summed E-state index contributed by atoms with van der Waals surface area (Å²) in [4.78, 5) is 0. The van der Waals surface area contributed by atoms with Gasteiger partial charge in [0.25, 0.3) is 0 Å². The van der Waals surface area contributed by atoms with Gasteiger partial charge in [-0.1, -0.05) is 25.1 Å². The van der Waals surface area contributed by atoms with Crippen LogP contribution in [0.1, 0.15) is 42.1 Å². The smallest absolute Gasteiger partial charge is 0.164 e. The summed E-state index contributed by atoms with van der Waals surface area (Å²) in [5.41, 5.74) is 4.90. The van der Waals surface area contributed by atoms with Gasteiger partial charge < -0.3 is 19.5 Å². The number of benzene rings is 2. The van der Waals surface area contributed by atoms with Gasteiger partial charge in [-0.25, -0.2) is 0 Å². The largest absolute Gasteiger partial charge is 0.496 e. The molecule has 0 aromatic heterocycles. The number of ether oxygens (including phenoxy) is 3. The van der Waals surface area contributed by atoms with Crippen molar-refractivity contribution in [3.63, 3.8) is 0 Å². The minimum Gasteiger partial charge on any atom is -0.496 e. The lowest BCUT2D eigenvalue weighted by atomic mass is 9.88. The van der Waals surface area contributed by atoms with E-state index in [1.54, 1.807) is 14.2 Å². The van der Waals surface area contributed by atoms with Gasteiger partial charge in [0.2, 0.25) is 0 Å². The molecule has 4 heteroatoms. The van der Waals surface area contributed by atoms with Crippen LogP contribution < -0.4 is 19.5 Å². The van der Waals surface area contributed by atoms with Gasteiger partial charge in [-0.3, -0.25) is 0 Å². The van der Waals surface area contributed by atoms with Gasteiger partial charge in [-0.05, 0) is 43.0 Å². The highest BCUT2D eigenvalue weighted by atomic mass is 16.5. The monoisotopic (exact) mass is 341 g/mol. The van der Waals surface area contributed by atoms with E-state index in [1.165, 1.54) is 16.7 Å². The van der Waals surface area contributed by atoms with Crippen molar-refractivity contribution in [2.75, 3.05) is 27.4 Å². The molecule has 0 aliphatic carbocycles. The van der Waals surface area contributed by atoms with Crippen molar-refractivity contribution >= 4 is 0 Å². The van der Waals surface area contributed by atoms with Crippen molar-refractivity contribution in [1.82, 2.24) is 5.32 Å². The molecule has 1 aliphatic rings. The minimum absolute atomic E-state index is 0.0923. The van der Waals surface area contributed by atoms with Gasteiger partial charge in [-0.15, -0.1) is 0 Å². The molecule has 2 aromatic rings. The van der Waals surface area contributed by atoms with Crippen LogP contribution in [0.4, 0.5) is 0 Å². The SMILES string of the molecule is CCOc1c(OC)ccc2c1CCNC2c1ccc(CC)cc1OC. The van der Waals surface area contributed by atoms with E-state index < -0.39 is 0 Å². The maximum absolute atomic E-state index is 5.92. The second-order valence-corrected chi connectivity index (χ2v) is 6.16. The van der Waals surface area contributed by atoms with Crippen LogP contribution in [0, 0.1) is 0 Å². The molecule has 0 radical (unpaired) electrons. The maximum atomic E-state index is 5.92. The van der Waals surface area contributed by atoms with Gasteiger partial charge in [-0.2, -0.15) is 0 Å². The van der Waals surface area contributed by atoms with E-state index in [-0.39, 0.29) is 6.04 Å². The summed E-state index contributed by atoms with van der Waals surface area (Å²) >= 11 is 0. The van der Waals surface area contributed by atoms with E-state index in [0.717, 1.165) is 42.2 Å². The van der Waals surface area contributed by atoms with Gasteiger partial charge in [0.15, 0.2) is 11.5 Å². The number of fused-ring (bicyclic) bond motifs is 1. The Bertz CT molecular complexity index is 742. The third-order valence-electron chi connectivity index (χ3n) is 4.82. The Labute approximate surface area is 150 Å². The predicted octanol–water partition coefficient (Wildman–Crippen LogP) is 3.90. The van der Waals surface area contributed by atoms with Crippen LogP contribution in [0.3, 0.4) is 0 Å². The van der Waals surface area contributed by atoms with Crippen LogP contribution in [0.2, 0.25) is 0 Å². The van der Waals surface area contributed by atoms with Gasteiger partial charge in [0, 0.05) is 17.7 Å². The Balaban J connectivity index is 2.09. The number of rotatable bonds is 6. The molecule has 1 N–H and O–H groups in total. The molecule has 1 aliphatic heterocycles. The average molecular weight is 341 g/mol. The molecule has 0 amide bonds. The fourth-order valence-corrected chi connectivity index (χ4v) is 3.56. The number of hydrogen-bond donors (Lipinski definition) is 1. The average Bonchev–Trinajstić information content (AvgIpc) is 2.67. The summed E-state index contributed by atoms with van der Waals surface area (Å²) in [6.45, 7) is 5.68. The molecule has 134 valence electrons. The predicted molar refractivity (Wildman–Crippen MR) is 100 cm³/mol. The minimum atomic E-state index is 0.0923. The van der Waals surface area contributed by atoms with Crippen LogP contribution >= 0.6 is 0 Å².